The van der Waals surface area contributed by atoms with Gasteiger partial charge in [0.15, 0.2) is 0 Å². The Hall–Kier alpha value is -1.70. The third kappa shape index (κ3) is 4.69. The molecular weight excluding hydrogens is 196 g/mol. The summed E-state index contributed by atoms with van der Waals surface area (Å²) in [6, 6.07) is 10.0. The van der Waals surface area contributed by atoms with Crippen molar-refractivity contribution >= 4 is 0 Å². The minimum Gasteiger partial charge on any atom is -0.262 e. The monoisotopic (exact) mass is 214 g/mol. The molecule has 0 aliphatic rings. The summed E-state index contributed by atoms with van der Waals surface area (Å²) in [5, 5.41) is 0. The van der Waals surface area contributed by atoms with Crippen LogP contribution in [0.4, 0.5) is 0 Å². The van der Waals surface area contributed by atoms with Crippen LogP contribution in [0, 0.1) is 27.7 Å². The van der Waals surface area contributed by atoms with Gasteiger partial charge in [-0.3, -0.25) is 9.97 Å². The average Bonchev–Trinajstić information content (AvgIpc) is 2.17. The highest BCUT2D eigenvalue weighted by atomic mass is 14.7. The summed E-state index contributed by atoms with van der Waals surface area (Å²) in [7, 11) is 0. The van der Waals surface area contributed by atoms with Crippen molar-refractivity contribution < 1.29 is 0 Å². The van der Waals surface area contributed by atoms with Gasteiger partial charge in [0.05, 0.1) is 0 Å². The molecule has 0 radical (unpaired) electrons. The third-order valence-corrected chi connectivity index (χ3v) is 2.08. The molecule has 2 nitrogen and oxygen atoms in total. The highest BCUT2D eigenvalue weighted by molar-refractivity contribution is 5.12. The molecule has 0 aliphatic carbocycles. The van der Waals surface area contributed by atoms with Crippen molar-refractivity contribution in [1.29, 1.82) is 0 Å². The zero-order valence-electron chi connectivity index (χ0n) is 10.4. The maximum atomic E-state index is 4.17. The summed E-state index contributed by atoms with van der Waals surface area (Å²) in [5.41, 5.74) is 4.54. The maximum Gasteiger partial charge on any atom is 0.0375 e. The highest BCUT2D eigenvalue weighted by Crippen LogP contribution is 1.96. The number of aromatic nitrogens is 2. The maximum absolute atomic E-state index is 4.17. The van der Waals surface area contributed by atoms with E-state index in [9.17, 15) is 0 Å². The highest BCUT2D eigenvalue weighted by Gasteiger charge is 1.82. The molecule has 0 unspecified atom stereocenters. The van der Waals surface area contributed by atoms with Crippen LogP contribution in [-0.2, 0) is 0 Å². The van der Waals surface area contributed by atoms with Crippen LogP contribution in [0.15, 0.2) is 36.5 Å². The fraction of sp³-hybridized carbons (Fsp3) is 0.286. The number of nitrogens with zero attached hydrogens (tertiary/aromatic N) is 2. The largest absolute Gasteiger partial charge is 0.262 e. The summed E-state index contributed by atoms with van der Waals surface area (Å²) in [5.74, 6) is 0. The molecule has 0 N–H and O–H groups in total. The van der Waals surface area contributed by atoms with E-state index in [1.807, 2.05) is 51.2 Å². The minimum absolute atomic E-state index is 1.09. The van der Waals surface area contributed by atoms with Crippen LogP contribution >= 0.6 is 0 Å². The molecule has 0 aliphatic heterocycles. The smallest absolute Gasteiger partial charge is 0.0375 e. The standard InChI is InChI=1S/2C7H9N/c1-6-3-4-8-7(2)5-6;1-6-4-3-5-7(2)8-6/h2*3-5H,1-2H3. The predicted octanol–water partition coefficient (Wildman–Crippen LogP) is 3.40. The molecule has 16 heavy (non-hydrogen) atoms. The molecule has 0 bridgehead atoms. The van der Waals surface area contributed by atoms with Gasteiger partial charge in [0.1, 0.15) is 0 Å². The number of hydrogen-bond acceptors (Lipinski definition) is 2. The predicted molar refractivity (Wildman–Crippen MR) is 67.4 cm³/mol. The Bertz CT molecular complexity index is 372. The Labute approximate surface area is 97.4 Å². The Balaban J connectivity index is 0.000000160. The first-order valence-electron chi connectivity index (χ1n) is 5.37. The van der Waals surface area contributed by atoms with Crippen LogP contribution in [0.1, 0.15) is 22.6 Å². The second kappa shape index (κ2) is 6.01. The molecule has 0 amide bonds. The fourth-order valence-corrected chi connectivity index (χ4v) is 1.37. The van der Waals surface area contributed by atoms with E-state index in [0.717, 1.165) is 17.1 Å². The quantitative estimate of drug-likeness (QED) is 0.671. The normalized spacial score (nSPS) is 9.25. The van der Waals surface area contributed by atoms with Gasteiger partial charge >= 0.3 is 0 Å². The van der Waals surface area contributed by atoms with Crippen molar-refractivity contribution in [2.24, 2.45) is 0 Å². The van der Waals surface area contributed by atoms with E-state index in [-0.39, 0.29) is 0 Å². The zero-order valence-corrected chi connectivity index (χ0v) is 10.4. The summed E-state index contributed by atoms with van der Waals surface area (Å²) < 4.78 is 0. The summed E-state index contributed by atoms with van der Waals surface area (Å²) >= 11 is 0. The lowest BCUT2D eigenvalue weighted by Crippen LogP contribution is -1.81. The number of hydrogen-bond donors (Lipinski definition) is 0. The molecule has 2 aromatic rings. The topological polar surface area (TPSA) is 25.8 Å². The van der Waals surface area contributed by atoms with Crippen LogP contribution in [0.2, 0.25) is 0 Å². The van der Waals surface area contributed by atoms with Gasteiger partial charge in [-0.25, -0.2) is 0 Å². The molecule has 84 valence electrons. The van der Waals surface area contributed by atoms with Crippen molar-refractivity contribution in [2.45, 2.75) is 27.7 Å². The lowest BCUT2D eigenvalue weighted by Gasteiger charge is -1.90. The van der Waals surface area contributed by atoms with E-state index in [1.165, 1.54) is 5.56 Å². The molecule has 0 aromatic carbocycles. The van der Waals surface area contributed by atoms with Crippen molar-refractivity contribution in [1.82, 2.24) is 9.97 Å². The van der Waals surface area contributed by atoms with Crippen molar-refractivity contribution in [3.05, 3.63) is 59.2 Å². The van der Waals surface area contributed by atoms with Crippen molar-refractivity contribution in [3.63, 3.8) is 0 Å². The first kappa shape index (κ1) is 12.4. The lowest BCUT2D eigenvalue weighted by molar-refractivity contribution is 1.12. The minimum atomic E-state index is 1.09. The number of pyridine rings is 2. The van der Waals surface area contributed by atoms with Gasteiger partial charge in [-0.15, -0.1) is 0 Å². The van der Waals surface area contributed by atoms with Crippen LogP contribution in [0.3, 0.4) is 0 Å². The molecule has 0 fully saturated rings. The van der Waals surface area contributed by atoms with Gasteiger partial charge in [0.2, 0.25) is 0 Å². The summed E-state index contributed by atoms with van der Waals surface area (Å²) in [6.45, 7) is 8.04. The Morgan fingerprint density at radius 2 is 1.44 bits per heavy atom. The van der Waals surface area contributed by atoms with E-state index in [1.54, 1.807) is 0 Å². The molecule has 0 atom stereocenters. The Kier molecular flexibility index (Phi) is 4.65. The molecule has 0 saturated heterocycles. The number of aryl methyl sites for hydroxylation is 4. The second-order valence-corrected chi connectivity index (χ2v) is 3.89. The van der Waals surface area contributed by atoms with Gasteiger partial charge in [0, 0.05) is 23.3 Å². The van der Waals surface area contributed by atoms with E-state index < -0.39 is 0 Å². The van der Waals surface area contributed by atoms with E-state index >= 15 is 0 Å². The second-order valence-electron chi connectivity index (χ2n) is 3.89. The van der Waals surface area contributed by atoms with Gasteiger partial charge in [-0.05, 0) is 57.5 Å². The SMILES string of the molecule is Cc1cccc(C)n1.Cc1ccnc(C)c1. The van der Waals surface area contributed by atoms with Crippen molar-refractivity contribution in [3.8, 4) is 0 Å². The van der Waals surface area contributed by atoms with Gasteiger partial charge in [-0.1, -0.05) is 6.07 Å². The first-order valence-corrected chi connectivity index (χ1v) is 5.37. The van der Waals surface area contributed by atoms with Crippen molar-refractivity contribution in [2.75, 3.05) is 0 Å². The van der Waals surface area contributed by atoms with E-state index in [0.29, 0.717) is 0 Å². The Morgan fingerprint density at radius 3 is 1.75 bits per heavy atom. The molecular formula is C14H18N2. The molecule has 2 heterocycles. The van der Waals surface area contributed by atoms with Crippen LogP contribution < -0.4 is 0 Å². The van der Waals surface area contributed by atoms with E-state index in [4.69, 9.17) is 0 Å². The molecule has 2 rings (SSSR count). The lowest BCUT2D eigenvalue weighted by atomic mass is 10.3. The third-order valence-electron chi connectivity index (χ3n) is 2.08. The van der Waals surface area contributed by atoms with Gasteiger partial charge in [0.25, 0.3) is 0 Å². The average molecular weight is 214 g/mol. The zero-order chi connectivity index (χ0) is 12.0. The van der Waals surface area contributed by atoms with Crippen LogP contribution in [0.25, 0.3) is 0 Å². The molecule has 0 spiro atoms. The fourth-order valence-electron chi connectivity index (χ4n) is 1.37. The van der Waals surface area contributed by atoms with Crippen LogP contribution in [0.5, 0.6) is 0 Å². The first-order chi connectivity index (χ1) is 7.58. The Morgan fingerprint density at radius 1 is 0.812 bits per heavy atom. The number of rotatable bonds is 0. The van der Waals surface area contributed by atoms with Gasteiger partial charge < -0.3 is 0 Å². The summed E-state index contributed by atoms with van der Waals surface area (Å²) in [4.78, 5) is 8.21. The summed E-state index contributed by atoms with van der Waals surface area (Å²) in [6.07, 6.45) is 1.82. The van der Waals surface area contributed by atoms with E-state index in [2.05, 4.69) is 23.0 Å². The molecule has 2 aromatic heterocycles. The molecule has 0 saturated carbocycles. The van der Waals surface area contributed by atoms with Gasteiger partial charge in [-0.2, -0.15) is 0 Å². The molecule has 2 heteroatoms. The van der Waals surface area contributed by atoms with Crippen LogP contribution in [-0.4, -0.2) is 9.97 Å².